The molecule has 0 radical (unpaired) electrons. The number of aromatic hydroxyl groups is 1. The number of nitrogens with zero attached hydrogens (tertiary/aromatic N) is 2. The number of fused-ring (bicyclic) bond motifs is 3. The molecular weight excluding hydrogens is 384 g/mol. The van der Waals surface area contributed by atoms with E-state index in [-0.39, 0.29) is 4.75 Å². The molecule has 0 saturated carbocycles. The molecule has 1 N–H and O–H groups in total. The summed E-state index contributed by atoms with van der Waals surface area (Å²) >= 11 is 5.98. The minimum absolute atomic E-state index is 0.0452. The van der Waals surface area contributed by atoms with Gasteiger partial charge in [0.25, 0.3) is 0 Å². The summed E-state index contributed by atoms with van der Waals surface area (Å²) in [6.45, 7) is 1.04. The Hall–Kier alpha value is -1.33. The lowest BCUT2D eigenvalue weighted by molar-refractivity contribution is 0.387. The first-order valence-electron chi connectivity index (χ1n) is 8.54. The van der Waals surface area contributed by atoms with Gasteiger partial charge in [-0.2, -0.15) is 0 Å². The first-order valence-corrected chi connectivity index (χ1v) is 10.2. The monoisotopic (exact) mass is 397 g/mol. The zero-order valence-electron chi connectivity index (χ0n) is 12.8. The molecule has 1 aliphatic carbocycles. The first-order chi connectivity index (χ1) is 11.7. The molecule has 24 heavy (non-hydrogen) atoms. The number of aliphatic imine (C=N–C) groups is 1. The fourth-order valence-electron chi connectivity index (χ4n) is 5.68. The van der Waals surface area contributed by atoms with Crippen molar-refractivity contribution in [3.05, 3.63) is 43.9 Å². The van der Waals surface area contributed by atoms with Crippen LogP contribution >= 0.6 is 27.7 Å². The number of phenolic OH excluding ortho intramolecular Hbond substituents is 1. The number of hydrogen-bond donors (Lipinski definition) is 1. The van der Waals surface area contributed by atoms with Crippen LogP contribution in [0.3, 0.4) is 0 Å². The highest BCUT2D eigenvalue weighted by Gasteiger charge is 2.59. The largest absolute Gasteiger partial charge is 0.505 e. The Morgan fingerprint density at radius 1 is 1.42 bits per heavy atom. The zero-order chi connectivity index (χ0) is 15.8. The molecular formula is C19H14BrN2OS+. The van der Waals surface area contributed by atoms with Crippen molar-refractivity contribution in [2.45, 2.75) is 35.3 Å². The van der Waals surface area contributed by atoms with Crippen molar-refractivity contribution in [3.8, 4) is 5.75 Å². The third kappa shape index (κ3) is 1.17. The fourth-order valence-corrected chi connectivity index (χ4v) is 8.17. The van der Waals surface area contributed by atoms with Gasteiger partial charge < -0.3 is 5.11 Å². The molecule has 5 heteroatoms. The Morgan fingerprint density at radius 2 is 2.33 bits per heavy atom. The van der Waals surface area contributed by atoms with Gasteiger partial charge in [0, 0.05) is 29.9 Å². The predicted molar refractivity (Wildman–Crippen MR) is 99.9 cm³/mol. The molecule has 6 aliphatic rings. The molecule has 7 rings (SSSR count). The maximum absolute atomic E-state index is 11.0. The van der Waals surface area contributed by atoms with Gasteiger partial charge in [-0.1, -0.05) is 6.08 Å². The molecule has 5 aliphatic heterocycles. The van der Waals surface area contributed by atoms with E-state index in [0.717, 1.165) is 37.1 Å². The van der Waals surface area contributed by atoms with Gasteiger partial charge >= 0.3 is 0 Å². The number of thioether (sulfide) groups is 1. The average Bonchev–Trinajstić information content (AvgIpc) is 3.11. The van der Waals surface area contributed by atoms with E-state index in [2.05, 4.69) is 49.4 Å². The molecule has 3 bridgehead atoms. The Labute approximate surface area is 151 Å². The van der Waals surface area contributed by atoms with Crippen molar-refractivity contribution in [1.29, 1.82) is 0 Å². The van der Waals surface area contributed by atoms with Crippen LogP contribution in [0.15, 0.2) is 27.2 Å². The van der Waals surface area contributed by atoms with Crippen LogP contribution in [0.2, 0.25) is 0 Å². The normalized spacial score (nSPS) is 35.4. The van der Waals surface area contributed by atoms with Crippen molar-refractivity contribution in [3.63, 3.8) is 0 Å². The molecule has 0 aromatic heterocycles. The van der Waals surface area contributed by atoms with Gasteiger partial charge in [0.2, 0.25) is 5.36 Å². The minimum atomic E-state index is 0.0452. The highest BCUT2D eigenvalue weighted by atomic mass is 79.9. The number of halogens is 1. The van der Waals surface area contributed by atoms with Gasteiger partial charge in [-0.05, 0) is 39.6 Å². The molecule has 3 atom stereocenters. The third-order valence-corrected chi connectivity index (χ3v) is 8.94. The lowest BCUT2D eigenvalue weighted by atomic mass is 9.75. The molecule has 3 nitrogen and oxygen atoms in total. The lowest BCUT2D eigenvalue weighted by Crippen LogP contribution is -2.60. The maximum Gasteiger partial charge on any atom is 0.215 e. The summed E-state index contributed by atoms with van der Waals surface area (Å²) in [4.78, 5) is 4.60. The van der Waals surface area contributed by atoms with Crippen LogP contribution in [0.1, 0.15) is 24.0 Å². The van der Waals surface area contributed by atoms with Crippen LogP contribution in [0.5, 0.6) is 5.75 Å². The molecule has 1 aromatic rings. The number of hydrogen-bond acceptors (Lipinski definition) is 3. The molecule has 1 spiro atoms. The van der Waals surface area contributed by atoms with Gasteiger partial charge in [0.05, 0.1) is 20.0 Å². The summed E-state index contributed by atoms with van der Waals surface area (Å²) in [6.07, 6.45) is 9.84. The van der Waals surface area contributed by atoms with Gasteiger partial charge in [0.1, 0.15) is 18.0 Å². The Balaban J connectivity index is 1.82. The number of phenols is 1. The van der Waals surface area contributed by atoms with Crippen LogP contribution in [-0.2, 0) is 11.2 Å². The van der Waals surface area contributed by atoms with Crippen LogP contribution in [0.4, 0.5) is 5.69 Å². The number of benzene rings is 1. The summed E-state index contributed by atoms with van der Waals surface area (Å²) in [7, 11) is 0. The number of allylic oxidation sites excluding steroid dienone is 1. The standard InChI is InChI=1S/C19H13BrN2OS/c20-12-4-9-3-10-5-11-15-17-14-8(7-21-16(14)18(11)23)1-2-22(17)13(12)6-19(9,15)24-10/h3-4,7,10,13H,1-2,5-6H2/p+1/t10-,13+,19+/m0/s1. The van der Waals surface area contributed by atoms with E-state index in [1.807, 2.05) is 6.21 Å². The maximum atomic E-state index is 11.0. The van der Waals surface area contributed by atoms with E-state index in [4.69, 9.17) is 0 Å². The van der Waals surface area contributed by atoms with Crippen LogP contribution in [0, 0.1) is 0 Å². The van der Waals surface area contributed by atoms with E-state index in [1.54, 1.807) is 0 Å². The Bertz CT molecular complexity index is 1130. The topological polar surface area (TPSA) is 35.6 Å². The van der Waals surface area contributed by atoms with E-state index in [0.29, 0.717) is 17.0 Å². The van der Waals surface area contributed by atoms with E-state index in [1.165, 1.54) is 31.8 Å². The summed E-state index contributed by atoms with van der Waals surface area (Å²) in [5.41, 5.74) is 6.14. The number of rotatable bonds is 0. The molecule has 1 aromatic carbocycles. The molecule has 5 heterocycles. The van der Waals surface area contributed by atoms with Crippen molar-refractivity contribution < 1.29 is 5.11 Å². The fraction of sp³-hybridized carbons (Fsp3) is 0.368. The second kappa shape index (κ2) is 3.75. The predicted octanol–water partition coefficient (Wildman–Crippen LogP) is 2.01. The third-order valence-electron chi connectivity index (χ3n) is 6.56. The SMILES string of the molecule is Oc1c2c3c4c5c1N=CC=5CC[N+]=4[C@@H]1C[C@]34S[C@@H](C=C4C=C1Br)C2. The first kappa shape index (κ1) is 13.0. The van der Waals surface area contributed by atoms with Crippen molar-refractivity contribution in [1.82, 2.24) is 4.58 Å². The molecule has 0 amide bonds. The van der Waals surface area contributed by atoms with Gasteiger partial charge in [0.15, 0.2) is 6.04 Å². The summed E-state index contributed by atoms with van der Waals surface area (Å²) in [5.74, 6) is 0.447. The van der Waals surface area contributed by atoms with Crippen LogP contribution in [-0.4, -0.2) is 29.2 Å². The highest BCUT2D eigenvalue weighted by molar-refractivity contribution is 9.11. The quantitative estimate of drug-likeness (QED) is 0.679. The van der Waals surface area contributed by atoms with E-state index >= 15 is 0 Å². The Morgan fingerprint density at radius 3 is 3.25 bits per heavy atom. The van der Waals surface area contributed by atoms with Crippen molar-refractivity contribution >= 4 is 45.2 Å². The average molecular weight is 398 g/mol. The van der Waals surface area contributed by atoms with E-state index in [9.17, 15) is 5.11 Å². The summed E-state index contributed by atoms with van der Waals surface area (Å²) in [6, 6.07) is 0.419. The van der Waals surface area contributed by atoms with Gasteiger partial charge in [-0.3, -0.25) is 4.99 Å². The molecule has 0 saturated heterocycles. The minimum Gasteiger partial charge on any atom is -0.505 e. The molecule has 118 valence electrons. The summed E-state index contributed by atoms with van der Waals surface area (Å²) < 4.78 is 3.93. The lowest BCUT2D eigenvalue weighted by Gasteiger charge is -2.43. The zero-order valence-corrected chi connectivity index (χ0v) is 15.2. The van der Waals surface area contributed by atoms with Crippen molar-refractivity contribution in [2.75, 3.05) is 6.54 Å². The van der Waals surface area contributed by atoms with Crippen LogP contribution < -0.4 is 15.2 Å². The van der Waals surface area contributed by atoms with Gasteiger partial charge in [-0.25, -0.2) is 4.58 Å². The smallest absolute Gasteiger partial charge is 0.215 e. The van der Waals surface area contributed by atoms with Crippen molar-refractivity contribution in [2.24, 2.45) is 4.99 Å². The van der Waals surface area contributed by atoms with Gasteiger partial charge in [-0.15, -0.1) is 11.8 Å². The Kier molecular flexibility index (Phi) is 2.03. The second-order valence-electron chi connectivity index (χ2n) is 7.56. The second-order valence-corrected chi connectivity index (χ2v) is 10.0. The highest BCUT2D eigenvalue weighted by Crippen LogP contribution is 2.62. The van der Waals surface area contributed by atoms with E-state index < -0.39 is 0 Å². The summed E-state index contributed by atoms with van der Waals surface area (Å²) in [5, 5.41) is 14.1. The molecule has 0 fully saturated rings. The molecule has 0 unspecified atom stereocenters. The van der Waals surface area contributed by atoms with Crippen LogP contribution in [0.25, 0.3) is 5.57 Å².